The first-order chi connectivity index (χ1) is 10.0. The molecule has 4 heteroatoms. The largest absolute Gasteiger partial charge is 0.465 e. The molecule has 1 aromatic rings. The first kappa shape index (κ1) is 16.5. The summed E-state index contributed by atoms with van der Waals surface area (Å²) in [7, 11) is 0. The lowest BCUT2D eigenvalue weighted by atomic mass is 10.0. The van der Waals surface area contributed by atoms with Crippen molar-refractivity contribution in [2.45, 2.75) is 46.2 Å². The van der Waals surface area contributed by atoms with Gasteiger partial charge in [0.2, 0.25) is 0 Å². The fraction of sp³-hybridized carbons (Fsp3) is 0.765. The van der Waals surface area contributed by atoms with Crippen molar-refractivity contribution in [3.05, 3.63) is 23.7 Å². The van der Waals surface area contributed by atoms with Crippen LogP contribution >= 0.6 is 0 Å². The van der Waals surface area contributed by atoms with Crippen LogP contribution in [0.15, 0.2) is 16.5 Å². The van der Waals surface area contributed by atoms with Crippen LogP contribution in [0.25, 0.3) is 0 Å². The van der Waals surface area contributed by atoms with Crippen LogP contribution in [0, 0.1) is 12.8 Å². The van der Waals surface area contributed by atoms with Crippen LogP contribution in [0.2, 0.25) is 0 Å². The van der Waals surface area contributed by atoms with Gasteiger partial charge < -0.3 is 15.1 Å². The van der Waals surface area contributed by atoms with Crippen LogP contribution in [0.4, 0.5) is 0 Å². The van der Waals surface area contributed by atoms with Gasteiger partial charge in [-0.25, -0.2) is 0 Å². The Balaban J connectivity index is 2.02. The molecule has 0 aromatic carbocycles. The van der Waals surface area contributed by atoms with E-state index in [1.807, 2.05) is 13.0 Å². The molecule has 2 rings (SSSR count). The van der Waals surface area contributed by atoms with Crippen LogP contribution in [0.1, 0.15) is 44.8 Å². The molecule has 2 heterocycles. The summed E-state index contributed by atoms with van der Waals surface area (Å²) in [5.41, 5.74) is 6.39. The Labute approximate surface area is 129 Å². The molecule has 1 aliphatic heterocycles. The van der Waals surface area contributed by atoms with E-state index in [0.29, 0.717) is 0 Å². The van der Waals surface area contributed by atoms with E-state index in [1.165, 1.54) is 6.54 Å². The minimum Gasteiger partial charge on any atom is -0.465 e. The van der Waals surface area contributed by atoms with Gasteiger partial charge in [-0.05, 0) is 31.4 Å². The Kier molecular flexibility index (Phi) is 5.85. The maximum absolute atomic E-state index is 6.39. The average molecular weight is 293 g/mol. The summed E-state index contributed by atoms with van der Waals surface area (Å²) in [4.78, 5) is 5.06. The highest BCUT2D eigenvalue weighted by Crippen LogP contribution is 2.27. The minimum atomic E-state index is 0.132. The molecule has 0 radical (unpaired) electrons. The summed E-state index contributed by atoms with van der Waals surface area (Å²) in [6.45, 7) is 14.3. The van der Waals surface area contributed by atoms with Gasteiger partial charge in [0.25, 0.3) is 0 Å². The highest BCUT2D eigenvalue weighted by molar-refractivity contribution is 5.12. The van der Waals surface area contributed by atoms with E-state index in [9.17, 15) is 0 Å². The molecular weight excluding hydrogens is 262 g/mol. The molecule has 0 saturated carbocycles. The monoisotopic (exact) mass is 293 g/mol. The Hall–Kier alpha value is -0.840. The second-order valence-corrected chi connectivity index (χ2v) is 6.70. The number of nitrogens with two attached hydrogens (primary N) is 1. The predicted molar refractivity (Wildman–Crippen MR) is 87.3 cm³/mol. The van der Waals surface area contributed by atoms with Gasteiger partial charge in [-0.1, -0.05) is 20.8 Å². The predicted octanol–water partition coefficient (Wildman–Crippen LogP) is 2.64. The van der Waals surface area contributed by atoms with Crippen LogP contribution in [-0.2, 0) is 0 Å². The number of piperazine rings is 1. The van der Waals surface area contributed by atoms with Crippen molar-refractivity contribution in [1.29, 1.82) is 0 Å². The number of rotatable bonds is 6. The lowest BCUT2D eigenvalue weighted by molar-refractivity contribution is 0.0680. The van der Waals surface area contributed by atoms with Crippen molar-refractivity contribution in [3.63, 3.8) is 0 Å². The SMILES string of the molecule is CCC(N)C(c1ccc(C)o1)N1CCN(CC(C)C)CC1. The molecule has 1 aliphatic rings. The lowest BCUT2D eigenvalue weighted by Gasteiger charge is -2.41. The molecule has 0 amide bonds. The Morgan fingerprint density at radius 2 is 1.86 bits per heavy atom. The second kappa shape index (κ2) is 7.43. The van der Waals surface area contributed by atoms with E-state index in [1.54, 1.807) is 0 Å². The molecular formula is C17H31N3O. The van der Waals surface area contributed by atoms with E-state index < -0.39 is 0 Å². The van der Waals surface area contributed by atoms with Crippen molar-refractivity contribution in [2.75, 3.05) is 32.7 Å². The molecule has 2 N–H and O–H groups in total. The third-order valence-corrected chi connectivity index (χ3v) is 4.35. The van der Waals surface area contributed by atoms with Crippen LogP contribution in [0.5, 0.6) is 0 Å². The fourth-order valence-electron chi connectivity index (χ4n) is 3.24. The highest BCUT2D eigenvalue weighted by Gasteiger charge is 2.30. The number of nitrogens with zero attached hydrogens (tertiary/aromatic N) is 2. The Morgan fingerprint density at radius 3 is 2.33 bits per heavy atom. The third-order valence-electron chi connectivity index (χ3n) is 4.35. The Bertz CT molecular complexity index is 421. The fourth-order valence-corrected chi connectivity index (χ4v) is 3.24. The van der Waals surface area contributed by atoms with Gasteiger partial charge in [0, 0.05) is 38.8 Å². The van der Waals surface area contributed by atoms with Crippen LogP contribution < -0.4 is 5.73 Å². The summed E-state index contributed by atoms with van der Waals surface area (Å²) in [6, 6.07) is 4.48. The lowest BCUT2D eigenvalue weighted by Crippen LogP contribution is -2.51. The van der Waals surface area contributed by atoms with Crippen molar-refractivity contribution in [2.24, 2.45) is 11.7 Å². The van der Waals surface area contributed by atoms with Crippen LogP contribution in [0.3, 0.4) is 0 Å². The Morgan fingerprint density at radius 1 is 1.19 bits per heavy atom. The maximum atomic E-state index is 6.39. The van der Waals surface area contributed by atoms with Gasteiger partial charge in [-0.3, -0.25) is 4.90 Å². The van der Waals surface area contributed by atoms with Crippen molar-refractivity contribution >= 4 is 0 Å². The topological polar surface area (TPSA) is 45.6 Å². The van der Waals surface area contributed by atoms with Crippen molar-refractivity contribution < 1.29 is 4.42 Å². The summed E-state index contributed by atoms with van der Waals surface area (Å²) in [6.07, 6.45) is 0.969. The van der Waals surface area contributed by atoms with Crippen molar-refractivity contribution in [3.8, 4) is 0 Å². The first-order valence-electron chi connectivity index (χ1n) is 8.29. The molecule has 0 spiro atoms. The van der Waals surface area contributed by atoms with E-state index in [-0.39, 0.29) is 12.1 Å². The summed E-state index contributed by atoms with van der Waals surface area (Å²) in [5, 5.41) is 0. The molecule has 21 heavy (non-hydrogen) atoms. The number of aryl methyl sites for hydroxylation is 1. The van der Waals surface area contributed by atoms with Gasteiger partial charge in [0.1, 0.15) is 11.5 Å². The zero-order chi connectivity index (χ0) is 15.4. The minimum absolute atomic E-state index is 0.132. The summed E-state index contributed by atoms with van der Waals surface area (Å²) < 4.78 is 5.88. The molecule has 0 aliphatic carbocycles. The molecule has 2 atom stereocenters. The summed E-state index contributed by atoms with van der Waals surface area (Å²) in [5.74, 6) is 2.73. The van der Waals surface area contributed by atoms with Gasteiger partial charge >= 0.3 is 0 Å². The zero-order valence-corrected chi connectivity index (χ0v) is 14.0. The van der Waals surface area contributed by atoms with E-state index >= 15 is 0 Å². The van der Waals surface area contributed by atoms with Gasteiger partial charge in [0.15, 0.2) is 0 Å². The van der Waals surface area contributed by atoms with E-state index in [0.717, 1.165) is 50.0 Å². The second-order valence-electron chi connectivity index (χ2n) is 6.70. The molecule has 1 aromatic heterocycles. The molecule has 120 valence electrons. The normalized spacial score (nSPS) is 20.9. The van der Waals surface area contributed by atoms with Gasteiger partial charge in [-0.15, -0.1) is 0 Å². The first-order valence-corrected chi connectivity index (χ1v) is 8.29. The van der Waals surface area contributed by atoms with E-state index in [4.69, 9.17) is 10.2 Å². The van der Waals surface area contributed by atoms with Crippen LogP contribution in [-0.4, -0.2) is 48.6 Å². The maximum Gasteiger partial charge on any atom is 0.122 e. The number of furan rings is 1. The number of hydrogen-bond acceptors (Lipinski definition) is 4. The van der Waals surface area contributed by atoms with E-state index in [2.05, 4.69) is 36.6 Å². The quantitative estimate of drug-likeness (QED) is 0.876. The molecule has 2 unspecified atom stereocenters. The number of hydrogen-bond donors (Lipinski definition) is 1. The molecule has 0 bridgehead atoms. The standard InChI is InChI=1S/C17H31N3O/c1-5-15(18)17(16-7-6-14(4)21-16)20-10-8-19(9-11-20)12-13(2)3/h6-7,13,15,17H,5,8-12,18H2,1-4H3. The molecule has 1 fully saturated rings. The average Bonchev–Trinajstić information content (AvgIpc) is 2.86. The summed E-state index contributed by atoms with van der Waals surface area (Å²) >= 11 is 0. The van der Waals surface area contributed by atoms with Gasteiger partial charge in [-0.2, -0.15) is 0 Å². The highest BCUT2D eigenvalue weighted by atomic mass is 16.3. The van der Waals surface area contributed by atoms with Gasteiger partial charge in [0.05, 0.1) is 6.04 Å². The molecule has 1 saturated heterocycles. The van der Waals surface area contributed by atoms with Crippen molar-refractivity contribution in [1.82, 2.24) is 9.80 Å². The molecule has 4 nitrogen and oxygen atoms in total. The zero-order valence-electron chi connectivity index (χ0n) is 14.0. The smallest absolute Gasteiger partial charge is 0.122 e. The third kappa shape index (κ3) is 4.31.